The highest BCUT2D eigenvalue weighted by atomic mass is 127. The number of anilines is 1. The molecule has 1 heterocycles. The van der Waals surface area contributed by atoms with Crippen LogP contribution in [0, 0.1) is 9.49 Å². The minimum Gasteiger partial charge on any atom is -0.378 e. The molecule has 0 fully saturated rings. The van der Waals surface area contributed by atoms with Crippen LogP contribution < -0.4 is 5.32 Å². The summed E-state index contributed by atoms with van der Waals surface area (Å²) in [5, 5.41) is 4.94. The van der Waals surface area contributed by atoms with Crippen molar-refractivity contribution in [2.24, 2.45) is 5.92 Å². The molecule has 0 amide bonds. The largest absolute Gasteiger partial charge is 0.378 e. The quantitative estimate of drug-likeness (QED) is 0.397. The van der Waals surface area contributed by atoms with Gasteiger partial charge in [-0.1, -0.05) is 41.4 Å². The molecule has 1 nitrogen and oxygen atoms in total. The average Bonchev–Trinajstić information content (AvgIpc) is 2.99. The van der Waals surface area contributed by atoms with Gasteiger partial charge in [-0.15, -0.1) is 0 Å². The van der Waals surface area contributed by atoms with Gasteiger partial charge in [-0.05, 0) is 76.4 Å². The van der Waals surface area contributed by atoms with E-state index in [9.17, 15) is 0 Å². The van der Waals surface area contributed by atoms with Crippen molar-refractivity contribution in [3.8, 4) is 0 Å². The highest BCUT2D eigenvalue weighted by molar-refractivity contribution is 14.1. The Morgan fingerprint density at radius 2 is 1.91 bits per heavy atom. The molecule has 0 aromatic heterocycles. The van der Waals surface area contributed by atoms with Crippen molar-refractivity contribution in [1.29, 1.82) is 0 Å². The molecule has 2 aromatic carbocycles. The van der Waals surface area contributed by atoms with Gasteiger partial charge in [0.1, 0.15) is 0 Å². The minimum atomic E-state index is 0.266. The van der Waals surface area contributed by atoms with Crippen molar-refractivity contribution in [3.63, 3.8) is 0 Å². The smallest absolute Gasteiger partial charge is 0.0595 e. The zero-order valence-electron chi connectivity index (χ0n) is 11.7. The predicted molar refractivity (Wildman–Crippen MR) is 102 cm³/mol. The molecule has 3 atom stereocenters. The average molecular weight is 442 g/mol. The summed E-state index contributed by atoms with van der Waals surface area (Å²) in [4.78, 5) is 0. The molecule has 2 aliphatic rings. The van der Waals surface area contributed by atoms with E-state index < -0.39 is 0 Å². The van der Waals surface area contributed by atoms with Gasteiger partial charge in [-0.2, -0.15) is 0 Å². The summed E-state index contributed by atoms with van der Waals surface area (Å²) < 4.78 is 1.28. The maximum atomic E-state index is 6.22. The Labute approximate surface area is 153 Å². The number of halogens is 3. The summed E-state index contributed by atoms with van der Waals surface area (Å²) in [6, 6.07) is 12.9. The molecule has 0 saturated heterocycles. The molecular formula is C18H14Cl2IN. The van der Waals surface area contributed by atoms with Gasteiger partial charge in [0.15, 0.2) is 0 Å². The molecule has 0 unspecified atom stereocenters. The number of fused-ring (bicyclic) bond motifs is 3. The summed E-state index contributed by atoms with van der Waals surface area (Å²) in [6.45, 7) is 0. The lowest BCUT2D eigenvalue weighted by Gasteiger charge is -2.37. The predicted octanol–water partition coefficient (Wildman–Crippen LogP) is 6.42. The lowest BCUT2D eigenvalue weighted by Crippen LogP contribution is -2.29. The van der Waals surface area contributed by atoms with E-state index in [-0.39, 0.29) is 6.04 Å². The molecule has 22 heavy (non-hydrogen) atoms. The van der Waals surface area contributed by atoms with Crippen LogP contribution >= 0.6 is 45.8 Å². The minimum absolute atomic E-state index is 0.266. The third-order valence-corrected chi connectivity index (χ3v) is 6.04. The number of hydrogen-bond acceptors (Lipinski definition) is 1. The zero-order valence-corrected chi connectivity index (χ0v) is 15.4. The van der Waals surface area contributed by atoms with Crippen LogP contribution in [0.25, 0.3) is 0 Å². The van der Waals surface area contributed by atoms with Crippen molar-refractivity contribution in [3.05, 3.63) is 73.3 Å². The number of allylic oxidation sites excluding steroid dienone is 2. The van der Waals surface area contributed by atoms with E-state index in [1.807, 2.05) is 12.1 Å². The summed E-state index contributed by atoms with van der Waals surface area (Å²) in [5.74, 6) is 1.01. The van der Waals surface area contributed by atoms with Crippen LogP contribution in [-0.4, -0.2) is 0 Å². The number of benzene rings is 2. The fourth-order valence-corrected chi connectivity index (χ4v) is 4.42. The van der Waals surface area contributed by atoms with Gasteiger partial charge in [-0.3, -0.25) is 0 Å². The normalized spacial score (nSPS) is 25.5. The summed E-state index contributed by atoms with van der Waals surface area (Å²) in [5.41, 5.74) is 3.84. The maximum absolute atomic E-state index is 6.22. The maximum Gasteiger partial charge on any atom is 0.0595 e. The first-order valence-corrected chi connectivity index (χ1v) is 9.14. The molecule has 0 bridgehead atoms. The van der Waals surface area contributed by atoms with Gasteiger partial charge >= 0.3 is 0 Å². The van der Waals surface area contributed by atoms with E-state index in [1.165, 1.54) is 20.4 Å². The van der Waals surface area contributed by atoms with Gasteiger partial charge in [0.25, 0.3) is 0 Å². The number of hydrogen-bond donors (Lipinski definition) is 1. The Morgan fingerprint density at radius 3 is 2.73 bits per heavy atom. The highest BCUT2D eigenvalue weighted by Crippen LogP contribution is 2.50. The molecule has 0 radical (unpaired) electrons. The molecule has 1 aliphatic carbocycles. The first kappa shape index (κ1) is 14.9. The van der Waals surface area contributed by atoms with Crippen LogP contribution in [0.5, 0.6) is 0 Å². The second kappa shape index (κ2) is 5.73. The Bertz CT molecular complexity index is 772. The van der Waals surface area contributed by atoms with E-state index in [0.29, 0.717) is 21.9 Å². The van der Waals surface area contributed by atoms with E-state index in [1.54, 1.807) is 0 Å². The van der Waals surface area contributed by atoms with Crippen molar-refractivity contribution >= 4 is 51.5 Å². The third-order valence-electron chi connectivity index (χ3n) is 4.63. The van der Waals surface area contributed by atoms with Crippen LogP contribution in [0.15, 0.2) is 48.6 Å². The van der Waals surface area contributed by atoms with E-state index in [0.717, 1.165) is 6.42 Å². The zero-order chi connectivity index (χ0) is 15.3. The molecule has 2 aromatic rings. The first-order valence-electron chi connectivity index (χ1n) is 7.31. The van der Waals surface area contributed by atoms with Crippen LogP contribution in [0.4, 0.5) is 5.69 Å². The molecule has 0 spiro atoms. The topological polar surface area (TPSA) is 12.0 Å². The monoisotopic (exact) mass is 441 g/mol. The van der Waals surface area contributed by atoms with Gasteiger partial charge < -0.3 is 5.32 Å². The van der Waals surface area contributed by atoms with Crippen molar-refractivity contribution in [2.75, 3.05) is 5.32 Å². The fourth-order valence-electron chi connectivity index (χ4n) is 3.60. The Kier molecular flexibility index (Phi) is 3.87. The van der Waals surface area contributed by atoms with Crippen LogP contribution in [0.2, 0.25) is 10.0 Å². The van der Waals surface area contributed by atoms with Gasteiger partial charge in [0.05, 0.1) is 16.1 Å². The molecule has 4 heteroatoms. The second-order valence-corrected chi connectivity index (χ2v) is 7.94. The first-order chi connectivity index (χ1) is 10.6. The van der Waals surface area contributed by atoms with Gasteiger partial charge in [-0.25, -0.2) is 0 Å². The van der Waals surface area contributed by atoms with Crippen molar-refractivity contribution in [1.82, 2.24) is 0 Å². The van der Waals surface area contributed by atoms with Crippen LogP contribution in [0.1, 0.15) is 29.5 Å². The third kappa shape index (κ3) is 2.45. The van der Waals surface area contributed by atoms with Crippen LogP contribution in [-0.2, 0) is 0 Å². The van der Waals surface area contributed by atoms with Crippen molar-refractivity contribution < 1.29 is 0 Å². The second-order valence-electron chi connectivity index (χ2n) is 5.88. The van der Waals surface area contributed by atoms with E-state index in [2.05, 4.69) is 64.3 Å². The molecule has 4 rings (SSSR count). The summed E-state index contributed by atoms with van der Waals surface area (Å²) in [7, 11) is 0. The SMILES string of the molecule is Clc1ccc([C@@H]2Nc3ccc(I)cc3[C@@H]3C=CC[C@H]32)cc1Cl. The Hall–Kier alpha value is -0.710. The number of rotatable bonds is 1. The molecule has 1 N–H and O–H groups in total. The van der Waals surface area contributed by atoms with Crippen molar-refractivity contribution in [2.45, 2.75) is 18.4 Å². The Morgan fingerprint density at radius 1 is 1.05 bits per heavy atom. The molecule has 112 valence electrons. The molecule has 1 aliphatic heterocycles. The standard InChI is InChI=1S/C18H14Cl2IN/c19-15-6-4-10(8-16(15)20)18-13-3-1-2-12(13)14-9-11(21)5-7-17(14)22-18/h1-2,4-9,12-13,18,22H,3H2/t12-,13-,18+/m1/s1. The summed E-state index contributed by atoms with van der Waals surface area (Å²) >= 11 is 14.7. The fraction of sp³-hybridized carbons (Fsp3) is 0.222. The lowest BCUT2D eigenvalue weighted by atomic mass is 9.77. The van der Waals surface area contributed by atoms with Gasteiger partial charge in [0, 0.05) is 15.2 Å². The summed E-state index contributed by atoms with van der Waals surface area (Å²) in [6.07, 6.45) is 5.74. The Balaban J connectivity index is 1.79. The lowest BCUT2D eigenvalue weighted by molar-refractivity contribution is 0.425. The van der Waals surface area contributed by atoms with E-state index >= 15 is 0 Å². The molecular weight excluding hydrogens is 428 g/mol. The highest BCUT2D eigenvalue weighted by Gasteiger charge is 2.37. The van der Waals surface area contributed by atoms with Crippen LogP contribution in [0.3, 0.4) is 0 Å². The van der Waals surface area contributed by atoms with Gasteiger partial charge in [0.2, 0.25) is 0 Å². The molecule has 0 saturated carbocycles. The number of nitrogens with one attached hydrogen (secondary N) is 1. The van der Waals surface area contributed by atoms with E-state index in [4.69, 9.17) is 23.2 Å².